The van der Waals surface area contributed by atoms with Crippen LogP contribution < -0.4 is 4.74 Å². The lowest BCUT2D eigenvalue weighted by molar-refractivity contribution is -0.397. The van der Waals surface area contributed by atoms with Crippen LogP contribution in [0.15, 0.2) is 85.2 Å². The number of carbonyl (C=O) groups is 1. The highest BCUT2D eigenvalue weighted by atomic mass is 16.6. The number of rotatable bonds is 9. The molecule has 0 saturated carbocycles. The van der Waals surface area contributed by atoms with Gasteiger partial charge in [-0.3, -0.25) is 4.79 Å². The Labute approximate surface area is 209 Å². The van der Waals surface area contributed by atoms with Crippen LogP contribution in [-0.2, 0) is 25.8 Å². The average molecular weight is 482 g/mol. The van der Waals surface area contributed by atoms with Crippen LogP contribution in [0.3, 0.4) is 0 Å². The second kappa shape index (κ2) is 10.6. The van der Waals surface area contributed by atoms with Crippen LogP contribution in [0.2, 0.25) is 0 Å². The first-order valence-electron chi connectivity index (χ1n) is 12.2. The van der Waals surface area contributed by atoms with Gasteiger partial charge in [-0.15, -0.1) is 0 Å². The van der Waals surface area contributed by atoms with Crippen molar-refractivity contribution in [2.75, 3.05) is 0 Å². The molecule has 7 heteroatoms. The summed E-state index contributed by atoms with van der Waals surface area (Å²) in [5, 5.41) is 11.5. The summed E-state index contributed by atoms with van der Waals surface area (Å²) in [6, 6.07) is 23.7. The largest absolute Gasteiger partial charge is 0.482 e. The summed E-state index contributed by atoms with van der Waals surface area (Å²) in [4.78, 5) is 27.5. The van der Waals surface area contributed by atoms with E-state index in [1.807, 2.05) is 60.7 Å². The normalized spacial score (nSPS) is 13.7. The number of Topliss-reactive ketones (excluding diaryl/α,β-unsaturated/α-hetero) is 1. The van der Waals surface area contributed by atoms with Crippen molar-refractivity contribution in [2.45, 2.75) is 44.8 Å². The molecule has 1 aliphatic rings. The summed E-state index contributed by atoms with van der Waals surface area (Å²) in [5.74, 6) is 0.674. The number of benzene rings is 3. The number of nitro groups is 1. The molecular formula is C29H27N3O4. The Hall–Kier alpha value is -4.26. The molecule has 182 valence electrons. The van der Waals surface area contributed by atoms with E-state index >= 15 is 0 Å². The number of ether oxygens (including phenoxy) is 1. The fourth-order valence-corrected chi connectivity index (χ4v) is 4.90. The molecule has 4 aromatic rings. The zero-order chi connectivity index (χ0) is 24.9. The minimum atomic E-state index is -0.488. The SMILES string of the molecule is O=C1CCCc2c1ccc(OC(Cn1ccnc1[N+](=O)[O-])c1ccccc1)c2CCc1ccccc1. The van der Waals surface area contributed by atoms with Crippen LogP contribution in [0.1, 0.15) is 51.6 Å². The third kappa shape index (κ3) is 5.05. The summed E-state index contributed by atoms with van der Waals surface area (Å²) in [6.45, 7) is 0.231. The van der Waals surface area contributed by atoms with Gasteiger partial charge in [0.25, 0.3) is 0 Å². The molecule has 1 atom stereocenters. The number of aryl methyl sites for hydroxylation is 1. The third-order valence-electron chi connectivity index (χ3n) is 6.69. The summed E-state index contributed by atoms with van der Waals surface area (Å²) in [7, 11) is 0. The van der Waals surface area contributed by atoms with Gasteiger partial charge in [-0.25, -0.2) is 4.57 Å². The minimum Gasteiger partial charge on any atom is -0.482 e. The number of aromatic nitrogens is 2. The standard InChI is InChI=1S/C29H27N3O4/c33-26-13-7-12-23-24(26)16-17-27(25(23)15-14-21-8-3-1-4-9-21)36-28(22-10-5-2-6-11-22)20-31-19-18-30-29(31)32(34)35/h1-6,8-11,16-19,28H,7,12-15,20H2. The molecule has 3 aromatic carbocycles. The number of carbonyl (C=O) groups excluding carboxylic acids is 1. The molecule has 0 bridgehead atoms. The molecule has 5 rings (SSSR count). The van der Waals surface area contributed by atoms with E-state index in [0.717, 1.165) is 53.7 Å². The van der Waals surface area contributed by atoms with E-state index in [0.29, 0.717) is 6.42 Å². The van der Waals surface area contributed by atoms with Crippen LogP contribution in [0.4, 0.5) is 5.95 Å². The van der Waals surface area contributed by atoms with Gasteiger partial charge in [0.15, 0.2) is 11.9 Å². The maximum absolute atomic E-state index is 12.7. The first-order chi connectivity index (χ1) is 17.6. The number of hydrogen-bond donors (Lipinski definition) is 0. The Bertz CT molecular complexity index is 1370. The van der Waals surface area contributed by atoms with Crippen molar-refractivity contribution in [3.8, 4) is 5.75 Å². The topological polar surface area (TPSA) is 87.3 Å². The Morgan fingerprint density at radius 1 is 0.972 bits per heavy atom. The second-order valence-electron chi connectivity index (χ2n) is 8.98. The highest BCUT2D eigenvalue weighted by Crippen LogP contribution is 2.35. The molecule has 0 aliphatic heterocycles. The lowest BCUT2D eigenvalue weighted by Crippen LogP contribution is -2.19. The maximum atomic E-state index is 12.7. The van der Waals surface area contributed by atoms with Gasteiger partial charge in [0.2, 0.25) is 0 Å². The first-order valence-corrected chi connectivity index (χ1v) is 12.2. The molecule has 1 aromatic heterocycles. The lowest BCUT2D eigenvalue weighted by Gasteiger charge is -2.25. The van der Waals surface area contributed by atoms with E-state index in [9.17, 15) is 14.9 Å². The van der Waals surface area contributed by atoms with E-state index in [2.05, 4.69) is 17.1 Å². The Kier molecular flexibility index (Phi) is 6.89. The molecule has 0 saturated heterocycles. The summed E-state index contributed by atoms with van der Waals surface area (Å²) in [6.07, 6.45) is 6.35. The van der Waals surface area contributed by atoms with Crippen molar-refractivity contribution in [1.29, 1.82) is 0 Å². The summed E-state index contributed by atoms with van der Waals surface area (Å²) < 4.78 is 8.15. The molecule has 1 unspecified atom stereocenters. The van der Waals surface area contributed by atoms with Gasteiger partial charge >= 0.3 is 5.95 Å². The van der Waals surface area contributed by atoms with E-state index in [1.54, 1.807) is 6.20 Å². The van der Waals surface area contributed by atoms with Crippen molar-refractivity contribution < 1.29 is 14.5 Å². The number of nitrogens with zero attached hydrogens (tertiary/aromatic N) is 3. The molecule has 0 spiro atoms. The molecular weight excluding hydrogens is 454 g/mol. The van der Waals surface area contributed by atoms with Crippen molar-refractivity contribution in [2.24, 2.45) is 0 Å². The lowest BCUT2D eigenvalue weighted by atomic mass is 9.85. The molecule has 0 fully saturated rings. The van der Waals surface area contributed by atoms with Gasteiger partial charge in [-0.2, -0.15) is 0 Å². The minimum absolute atomic E-state index is 0.178. The van der Waals surface area contributed by atoms with Gasteiger partial charge < -0.3 is 14.9 Å². The van der Waals surface area contributed by atoms with E-state index in [-0.39, 0.29) is 18.3 Å². The zero-order valence-electron chi connectivity index (χ0n) is 19.9. The molecule has 36 heavy (non-hydrogen) atoms. The fraction of sp³-hybridized carbons (Fsp3) is 0.241. The second-order valence-corrected chi connectivity index (χ2v) is 8.98. The van der Waals surface area contributed by atoms with Crippen LogP contribution in [0.5, 0.6) is 5.75 Å². The number of hydrogen-bond acceptors (Lipinski definition) is 5. The summed E-state index contributed by atoms with van der Waals surface area (Å²) in [5.41, 5.74) is 5.03. The smallest absolute Gasteiger partial charge is 0.434 e. The first kappa shape index (κ1) is 23.5. The van der Waals surface area contributed by atoms with Crippen molar-refractivity contribution in [1.82, 2.24) is 9.55 Å². The van der Waals surface area contributed by atoms with Crippen LogP contribution in [0.25, 0.3) is 0 Å². The van der Waals surface area contributed by atoms with Crippen molar-refractivity contribution in [3.05, 3.63) is 123 Å². The molecule has 7 nitrogen and oxygen atoms in total. The van der Waals surface area contributed by atoms with Gasteiger partial charge in [0.05, 0.1) is 0 Å². The molecule has 1 aliphatic carbocycles. The molecule has 0 radical (unpaired) electrons. The van der Waals surface area contributed by atoms with Crippen LogP contribution in [0, 0.1) is 10.1 Å². The highest BCUT2D eigenvalue weighted by Gasteiger charge is 2.26. The summed E-state index contributed by atoms with van der Waals surface area (Å²) >= 11 is 0. The Morgan fingerprint density at radius 2 is 1.72 bits per heavy atom. The van der Waals surface area contributed by atoms with Crippen LogP contribution in [-0.4, -0.2) is 20.3 Å². The molecule has 0 N–H and O–H groups in total. The fourth-order valence-electron chi connectivity index (χ4n) is 4.90. The monoisotopic (exact) mass is 481 g/mol. The van der Waals surface area contributed by atoms with Crippen molar-refractivity contribution >= 4 is 11.7 Å². The van der Waals surface area contributed by atoms with Gasteiger partial charge in [-0.1, -0.05) is 65.6 Å². The molecule has 0 amide bonds. The Morgan fingerprint density at radius 3 is 2.47 bits per heavy atom. The zero-order valence-corrected chi connectivity index (χ0v) is 19.9. The van der Waals surface area contributed by atoms with Crippen molar-refractivity contribution in [3.63, 3.8) is 0 Å². The van der Waals surface area contributed by atoms with Gasteiger partial charge in [-0.05, 0) is 65.0 Å². The Balaban J connectivity index is 1.52. The van der Waals surface area contributed by atoms with E-state index < -0.39 is 11.0 Å². The average Bonchev–Trinajstić information content (AvgIpc) is 3.37. The molecule has 1 heterocycles. The number of ketones is 1. The predicted molar refractivity (Wildman–Crippen MR) is 136 cm³/mol. The highest BCUT2D eigenvalue weighted by molar-refractivity contribution is 5.99. The predicted octanol–water partition coefficient (Wildman–Crippen LogP) is 5.92. The number of fused-ring (bicyclic) bond motifs is 1. The number of imidazole rings is 1. The van der Waals surface area contributed by atoms with Gasteiger partial charge in [0.1, 0.15) is 24.7 Å². The van der Waals surface area contributed by atoms with E-state index in [4.69, 9.17) is 4.74 Å². The third-order valence-corrected chi connectivity index (χ3v) is 6.69. The van der Waals surface area contributed by atoms with Crippen LogP contribution >= 0.6 is 0 Å². The van der Waals surface area contributed by atoms with Gasteiger partial charge in [0, 0.05) is 12.0 Å². The maximum Gasteiger partial charge on any atom is 0.434 e. The quantitative estimate of drug-likeness (QED) is 0.219. The van der Waals surface area contributed by atoms with E-state index in [1.165, 1.54) is 16.3 Å².